The maximum atomic E-state index is 5.96. The molecule has 0 aliphatic rings. The van der Waals surface area contributed by atoms with Crippen LogP contribution in [0.3, 0.4) is 0 Å². The number of ether oxygens (including phenoxy) is 2. The van der Waals surface area contributed by atoms with Crippen LogP contribution in [0.25, 0.3) is 0 Å². The fourth-order valence-corrected chi connectivity index (χ4v) is 2.48. The molecular weight excluding hydrogens is 453 g/mol. The summed E-state index contributed by atoms with van der Waals surface area (Å²) in [6.07, 6.45) is 0. The van der Waals surface area contributed by atoms with E-state index in [1.54, 1.807) is 7.11 Å². The van der Waals surface area contributed by atoms with Gasteiger partial charge in [0.25, 0.3) is 0 Å². The monoisotopic (exact) mass is 483 g/mol. The van der Waals surface area contributed by atoms with Gasteiger partial charge < -0.3 is 20.5 Å². The van der Waals surface area contributed by atoms with Crippen LogP contribution in [0.2, 0.25) is 0 Å². The minimum atomic E-state index is 0. The second kappa shape index (κ2) is 11.1. The number of guanidine groups is 1. The molecule has 0 saturated heterocycles. The van der Waals surface area contributed by atoms with Gasteiger partial charge in [-0.25, -0.2) is 4.99 Å². The SMILES string of the molecule is COCc1ccccc1NC(N)=NCCOc1ccc(C(C)(C)C)cc1.I. The smallest absolute Gasteiger partial charge is 0.193 e. The Hall–Kier alpha value is -1.80. The Morgan fingerprint density at radius 1 is 1.07 bits per heavy atom. The van der Waals surface area contributed by atoms with E-state index >= 15 is 0 Å². The highest BCUT2D eigenvalue weighted by molar-refractivity contribution is 14.0. The van der Waals surface area contributed by atoms with Gasteiger partial charge in [0.2, 0.25) is 0 Å². The Bertz CT molecular complexity index is 725. The molecule has 0 radical (unpaired) electrons. The molecule has 0 atom stereocenters. The maximum absolute atomic E-state index is 5.96. The summed E-state index contributed by atoms with van der Waals surface area (Å²) < 4.78 is 10.9. The van der Waals surface area contributed by atoms with Crippen molar-refractivity contribution >= 4 is 35.6 Å². The van der Waals surface area contributed by atoms with Crippen molar-refractivity contribution in [1.29, 1.82) is 0 Å². The Balaban J connectivity index is 0.00000364. The number of para-hydroxylation sites is 1. The molecule has 6 heteroatoms. The summed E-state index contributed by atoms with van der Waals surface area (Å²) >= 11 is 0. The topological polar surface area (TPSA) is 68.9 Å². The molecule has 0 spiro atoms. The lowest BCUT2D eigenvalue weighted by Gasteiger charge is -2.19. The van der Waals surface area contributed by atoms with Gasteiger partial charge in [0.05, 0.1) is 13.2 Å². The first-order chi connectivity index (χ1) is 12.4. The van der Waals surface area contributed by atoms with Gasteiger partial charge in [-0.3, -0.25) is 0 Å². The van der Waals surface area contributed by atoms with E-state index in [0.717, 1.165) is 17.0 Å². The number of nitrogens with one attached hydrogen (secondary N) is 1. The van der Waals surface area contributed by atoms with Crippen LogP contribution in [-0.2, 0) is 16.8 Å². The first-order valence-corrected chi connectivity index (χ1v) is 8.77. The highest BCUT2D eigenvalue weighted by Crippen LogP contribution is 2.24. The van der Waals surface area contributed by atoms with Crippen molar-refractivity contribution in [3.05, 3.63) is 59.7 Å². The number of nitrogens with zero attached hydrogens (tertiary/aromatic N) is 1. The zero-order valence-corrected chi connectivity index (χ0v) is 18.8. The van der Waals surface area contributed by atoms with Gasteiger partial charge in [0.15, 0.2) is 5.96 Å². The molecule has 0 aliphatic heterocycles. The number of methoxy groups -OCH3 is 1. The standard InChI is InChI=1S/C21H29N3O2.HI/c1-21(2,3)17-9-11-18(12-10-17)26-14-13-23-20(22)24-19-8-6-5-7-16(19)15-25-4;/h5-12H,13-15H2,1-4H3,(H3,22,23,24);1H. The lowest BCUT2D eigenvalue weighted by atomic mass is 9.87. The molecule has 3 N–H and O–H groups in total. The third-order valence-electron chi connectivity index (χ3n) is 3.94. The fourth-order valence-electron chi connectivity index (χ4n) is 2.48. The molecule has 5 nitrogen and oxygen atoms in total. The van der Waals surface area contributed by atoms with Gasteiger partial charge in [0, 0.05) is 18.4 Å². The van der Waals surface area contributed by atoms with Gasteiger partial charge in [-0.15, -0.1) is 24.0 Å². The summed E-state index contributed by atoms with van der Waals surface area (Å²) in [6.45, 7) is 8.04. The quantitative estimate of drug-likeness (QED) is 0.262. The molecule has 0 heterocycles. The van der Waals surface area contributed by atoms with Crippen molar-refractivity contribution in [1.82, 2.24) is 0 Å². The van der Waals surface area contributed by atoms with Crippen LogP contribution in [0, 0.1) is 0 Å². The van der Waals surface area contributed by atoms with E-state index in [9.17, 15) is 0 Å². The lowest BCUT2D eigenvalue weighted by Crippen LogP contribution is -2.24. The van der Waals surface area contributed by atoms with E-state index in [4.69, 9.17) is 15.2 Å². The molecule has 2 aromatic rings. The summed E-state index contributed by atoms with van der Waals surface area (Å²) in [4.78, 5) is 4.31. The van der Waals surface area contributed by atoms with Crippen LogP contribution in [0.15, 0.2) is 53.5 Å². The minimum absolute atomic E-state index is 0. The van der Waals surface area contributed by atoms with E-state index in [-0.39, 0.29) is 29.4 Å². The lowest BCUT2D eigenvalue weighted by molar-refractivity contribution is 0.185. The average molecular weight is 483 g/mol. The number of hydrogen-bond acceptors (Lipinski definition) is 3. The number of anilines is 1. The van der Waals surface area contributed by atoms with Crippen molar-refractivity contribution in [2.45, 2.75) is 32.8 Å². The van der Waals surface area contributed by atoms with Crippen molar-refractivity contribution in [3.63, 3.8) is 0 Å². The molecular formula is C21H30IN3O2. The summed E-state index contributed by atoms with van der Waals surface area (Å²) in [5, 5.41) is 3.11. The molecule has 0 amide bonds. The number of aliphatic imine (C=N–C) groups is 1. The van der Waals surface area contributed by atoms with Gasteiger partial charge in [-0.2, -0.15) is 0 Å². The van der Waals surface area contributed by atoms with Crippen LogP contribution in [0.1, 0.15) is 31.9 Å². The van der Waals surface area contributed by atoms with E-state index in [0.29, 0.717) is 25.7 Å². The Morgan fingerprint density at radius 2 is 1.74 bits per heavy atom. The van der Waals surface area contributed by atoms with Gasteiger partial charge in [-0.1, -0.05) is 51.1 Å². The number of hydrogen-bond donors (Lipinski definition) is 2. The normalized spacial score (nSPS) is 11.6. The van der Waals surface area contributed by atoms with Gasteiger partial charge in [-0.05, 0) is 29.2 Å². The molecule has 2 rings (SSSR count). The van der Waals surface area contributed by atoms with Crippen molar-refractivity contribution in [2.24, 2.45) is 10.7 Å². The van der Waals surface area contributed by atoms with Crippen LogP contribution in [0.5, 0.6) is 5.75 Å². The highest BCUT2D eigenvalue weighted by atomic mass is 127. The van der Waals surface area contributed by atoms with Gasteiger partial charge >= 0.3 is 0 Å². The van der Waals surface area contributed by atoms with Crippen LogP contribution < -0.4 is 15.8 Å². The number of rotatable bonds is 7. The van der Waals surface area contributed by atoms with Crippen LogP contribution in [-0.4, -0.2) is 26.2 Å². The fraction of sp³-hybridized carbons (Fsp3) is 0.381. The van der Waals surface area contributed by atoms with E-state index in [1.165, 1.54) is 5.56 Å². The predicted molar refractivity (Wildman–Crippen MR) is 123 cm³/mol. The van der Waals surface area contributed by atoms with E-state index in [2.05, 4.69) is 43.2 Å². The van der Waals surface area contributed by atoms with E-state index < -0.39 is 0 Å². The first-order valence-electron chi connectivity index (χ1n) is 8.77. The molecule has 2 aromatic carbocycles. The summed E-state index contributed by atoms with van der Waals surface area (Å²) in [5.74, 6) is 1.20. The van der Waals surface area contributed by atoms with Crippen molar-refractivity contribution in [2.75, 3.05) is 25.6 Å². The van der Waals surface area contributed by atoms with Crippen LogP contribution in [0.4, 0.5) is 5.69 Å². The Kier molecular flexibility index (Phi) is 9.59. The maximum Gasteiger partial charge on any atom is 0.193 e. The predicted octanol–water partition coefficient (Wildman–Crippen LogP) is 4.55. The second-order valence-electron chi connectivity index (χ2n) is 7.10. The molecule has 0 bridgehead atoms. The third kappa shape index (κ3) is 7.76. The Labute approximate surface area is 179 Å². The summed E-state index contributed by atoms with van der Waals surface area (Å²) in [7, 11) is 1.67. The molecule has 0 fully saturated rings. The Morgan fingerprint density at radius 3 is 2.37 bits per heavy atom. The molecule has 0 aliphatic carbocycles. The largest absolute Gasteiger partial charge is 0.492 e. The second-order valence-corrected chi connectivity index (χ2v) is 7.10. The molecule has 0 unspecified atom stereocenters. The number of nitrogens with two attached hydrogens (primary N) is 1. The van der Waals surface area contributed by atoms with Gasteiger partial charge in [0.1, 0.15) is 12.4 Å². The first kappa shape index (κ1) is 23.2. The van der Waals surface area contributed by atoms with Crippen molar-refractivity contribution < 1.29 is 9.47 Å². The zero-order valence-electron chi connectivity index (χ0n) is 16.5. The van der Waals surface area contributed by atoms with E-state index in [1.807, 2.05) is 36.4 Å². The molecule has 0 aromatic heterocycles. The number of halogens is 1. The minimum Gasteiger partial charge on any atom is -0.492 e. The molecule has 27 heavy (non-hydrogen) atoms. The third-order valence-corrected chi connectivity index (χ3v) is 3.94. The highest BCUT2D eigenvalue weighted by Gasteiger charge is 2.12. The molecule has 148 valence electrons. The van der Waals surface area contributed by atoms with Crippen molar-refractivity contribution in [3.8, 4) is 5.75 Å². The van der Waals surface area contributed by atoms with Crippen LogP contribution >= 0.6 is 24.0 Å². The summed E-state index contributed by atoms with van der Waals surface area (Å²) in [5.41, 5.74) is 9.31. The summed E-state index contributed by atoms with van der Waals surface area (Å²) in [6, 6.07) is 16.0. The molecule has 0 saturated carbocycles. The zero-order chi connectivity index (χ0) is 19.0. The average Bonchev–Trinajstić information content (AvgIpc) is 2.60. The number of benzene rings is 2.